The third-order valence-corrected chi connectivity index (χ3v) is 4.97. The lowest BCUT2D eigenvalue weighted by Crippen LogP contribution is -2.39. The van der Waals surface area contributed by atoms with Crippen LogP contribution >= 0.6 is 0 Å². The minimum Gasteiger partial charge on any atom is -0.491 e. The zero-order valence-electron chi connectivity index (χ0n) is 15.9. The predicted molar refractivity (Wildman–Crippen MR) is 106 cm³/mol. The van der Waals surface area contributed by atoms with Crippen molar-refractivity contribution < 1.29 is 17.9 Å². The number of amides is 1. The van der Waals surface area contributed by atoms with Crippen molar-refractivity contribution in [3.63, 3.8) is 0 Å². The van der Waals surface area contributed by atoms with Gasteiger partial charge in [0.2, 0.25) is 15.9 Å². The average Bonchev–Trinajstić information content (AvgIpc) is 2.60. The zero-order valence-corrected chi connectivity index (χ0v) is 16.7. The largest absolute Gasteiger partial charge is 0.491 e. The van der Waals surface area contributed by atoms with Crippen LogP contribution < -0.4 is 10.1 Å². The molecule has 0 aliphatic carbocycles. The Balaban J connectivity index is 1.91. The van der Waals surface area contributed by atoms with E-state index in [-0.39, 0.29) is 25.1 Å². The number of benzene rings is 2. The highest BCUT2D eigenvalue weighted by molar-refractivity contribution is 7.88. The molecule has 7 heteroatoms. The number of carbonyl (C=O) groups is 1. The van der Waals surface area contributed by atoms with Gasteiger partial charge < -0.3 is 10.1 Å². The van der Waals surface area contributed by atoms with Crippen molar-refractivity contribution in [3.8, 4) is 5.75 Å². The number of nitrogens with one attached hydrogen (secondary N) is 1. The zero-order chi connectivity index (χ0) is 19.9. The molecule has 27 heavy (non-hydrogen) atoms. The Morgan fingerprint density at radius 1 is 1.04 bits per heavy atom. The van der Waals surface area contributed by atoms with Crippen molar-refractivity contribution in [2.45, 2.75) is 33.0 Å². The summed E-state index contributed by atoms with van der Waals surface area (Å²) in [4.78, 5) is 12.2. The molecule has 0 unspecified atom stereocenters. The van der Waals surface area contributed by atoms with Gasteiger partial charge in [0, 0.05) is 13.1 Å². The second-order valence-corrected chi connectivity index (χ2v) is 8.59. The normalized spacial score (nSPS) is 11.6. The minimum atomic E-state index is -3.50. The monoisotopic (exact) mass is 390 g/mol. The topological polar surface area (TPSA) is 75.7 Å². The van der Waals surface area contributed by atoms with E-state index in [0.29, 0.717) is 6.54 Å². The molecule has 0 saturated heterocycles. The second kappa shape index (κ2) is 9.53. The van der Waals surface area contributed by atoms with Gasteiger partial charge in [0.05, 0.1) is 18.9 Å². The molecule has 0 saturated carbocycles. The number of ether oxygens (including phenoxy) is 1. The van der Waals surface area contributed by atoms with Crippen LogP contribution in [0.3, 0.4) is 0 Å². The van der Waals surface area contributed by atoms with Crippen LogP contribution in [0.15, 0.2) is 54.6 Å². The molecule has 2 aromatic rings. The maximum absolute atomic E-state index is 12.2. The Hall–Kier alpha value is -2.38. The Bertz CT molecular complexity index is 834. The maximum Gasteiger partial charge on any atom is 0.235 e. The fourth-order valence-corrected chi connectivity index (χ4v) is 3.19. The third kappa shape index (κ3) is 7.40. The number of hydrogen-bond donors (Lipinski definition) is 1. The molecule has 0 atom stereocenters. The van der Waals surface area contributed by atoms with E-state index >= 15 is 0 Å². The number of sulfonamides is 1. The van der Waals surface area contributed by atoms with E-state index in [1.807, 2.05) is 68.4 Å². The lowest BCUT2D eigenvalue weighted by molar-refractivity contribution is -0.121. The SMILES string of the molecule is CC(C)Oc1ccc(CNC(=O)CN(Cc2ccccc2)S(C)(=O)=O)cc1. The Kier molecular flexibility index (Phi) is 7.38. The first kappa shape index (κ1) is 20.9. The van der Waals surface area contributed by atoms with Gasteiger partial charge in [-0.05, 0) is 37.1 Å². The first-order valence-electron chi connectivity index (χ1n) is 8.75. The summed E-state index contributed by atoms with van der Waals surface area (Å²) >= 11 is 0. The van der Waals surface area contributed by atoms with Gasteiger partial charge in [-0.2, -0.15) is 4.31 Å². The number of rotatable bonds is 9. The molecule has 6 nitrogen and oxygen atoms in total. The van der Waals surface area contributed by atoms with Crippen LogP contribution in [0.5, 0.6) is 5.75 Å². The van der Waals surface area contributed by atoms with Gasteiger partial charge in [-0.15, -0.1) is 0 Å². The van der Waals surface area contributed by atoms with Crippen molar-refractivity contribution in [2.75, 3.05) is 12.8 Å². The van der Waals surface area contributed by atoms with E-state index in [2.05, 4.69) is 5.32 Å². The molecule has 0 spiro atoms. The Labute approximate surface area is 161 Å². The smallest absolute Gasteiger partial charge is 0.235 e. The lowest BCUT2D eigenvalue weighted by Gasteiger charge is -2.19. The molecule has 146 valence electrons. The summed E-state index contributed by atoms with van der Waals surface area (Å²) < 4.78 is 30.8. The van der Waals surface area contributed by atoms with E-state index in [9.17, 15) is 13.2 Å². The second-order valence-electron chi connectivity index (χ2n) is 6.60. The molecule has 0 heterocycles. The van der Waals surface area contributed by atoms with Crippen molar-refractivity contribution >= 4 is 15.9 Å². The van der Waals surface area contributed by atoms with Crippen LogP contribution in [0.25, 0.3) is 0 Å². The van der Waals surface area contributed by atoms with Crippen molar-refractivity contribution in [3.05, 3.63) is 65.7 Å². The molecule has 0 aliphatic heterocycles. The predicted octanol–water partition coefficient (Wildman–Crippen LogP) is 2.55. The van der Waals surface area contributed by atoms with Crippen LogP contribution in [0, 0.1) is 0 Å². The summed E-state index contributed by atoms with van der Waals surface area (Å²) in [5.41, 5.74) is 1.74. The van der Waals surface area contributed by atoms with E-state index in [4.69, 9.17) is 4.74 Å². The number of carbonyl (C=O) groups excluding carboxylic acids is 1. The standard InChI is InChI=1S/C20H26N2O4S/c1-16(2)26-19-11-9-17(10-12-19)13-21-20(23)15-22(27(3,24)25)14-18-7-5-4-6-8-18/h4-12,16H,13-15H2,1-3H3,(H,21,23). The van der Waals surface area contributed by atoms with E-state index < -0.39 is 10.0 Å². The minimum absolute atomic E-state index is 0.0992. The van der Waals surface area contributed by atoms with Gasteiger partial charge in [0.1, 0.15) is 5.75 Å². The average molecular weight is 391 g/mol. The summed E-state index contributed by atoms with van der Waals surface area (Å²) in [6, 6.07) is 16.6. The van der Waals surface area contributed by atoms with E-state index in [1.165, 1.54) is 0 Å². The van der Waals surface area contributed by atoms with Crippen LogP contribution in [0.1, 0.15) is 25.0 Å². The maximum atomic E-state index is 12.2. The van der Waals surface area contributed by atoms with Crippen LogP contribution in [-0.2, 0) is 27.9 Å². The van der Waals surface area contributed by atoms with Crippen LogP contribution in [-0.4, -0.2) is 37.5 Å². The number of hydrogen-bond acceptors (Lipinski definition) is 4. The molecule has 1 amide bonds. The fourth-order valence-electron chi connectivity index (χ4n) is 2.45. The third-order valence-electron chi connectivity index (χ3n) is 3.78. The lowest BCUT2D eigenvalue weighted by atomic mass is 10.2. The summed E-state index contributed by atoms with van der Waals surface area (Å²) in [5.74, 6) is 0.421. The first-order valence-corrected chi connectivity index (χ1v) is 10.6. The van der Waals surface area contributed by atoms with Crippen molar-refractivity contribution in [2.24, 2.45) is 0 Å². The molecule has 0 bridgehead atoms. The van der Waals surface area contributed by atoms with Crippen LogP contribution in [0.4, 0.5) is 0 Å². The molecule has 0 fully saturated rings. The summed E-state index contributed by atoms with van der Waals surface area (Å²) in [6.45, 7) is 4.18. The quantitative estimate of drug-likeness (QED) is 0.714. The van der Waals surface area contributed by atoms with Crippen molar-refractivity contribution in [1.29, 1.82) is 0 Å². The van der Waals surface area contributed by atoms with Gasteiger partial charge in [-0.1, -0.05) is 42.5 Å². The number of nitrogens with zero attached hydrogens (tertiary/aromatic N) is 1. The Morgan fingerprint density at radius 2 is 1.67 bits per heavy atom. The summed E-state index contributed by atoms with van der Waals surface area (Å²) in [6.07, 6.45) is 1.21. The van der Waals surface area contributed by atoms with Gasteiger partial charge in [0.15, 0.2) is 0 Å². The molecule has 2 rings (SSSR count). The van der Waals surface area contributed by atoms with E-state index in [0.717, 1.165) is 27.4 Å². The van der Waals surface area contributed by atoms with Crippen molar-refractivity contribution in [1.82, 2.24) is 9.62 Å². The molecular formula is C20H26N2O4S. The molecule has 1 N–H and O–H groups in total. The fraction of sp³-hybridized carbons (Fsp3) is 0.350. The summed E-state index contributed by atoms with van der Waals surface area (Å²) in [7, 11) is -3.50. The molecule has 0 radical (unpaired) electrons. The van der Waals surface area contributed by atoms with E-state index in [1.54, 1.807) is 0 Å². The highest BCUT2D eigenvalue weighted by Gasteiger charge is 2.20. The molecular weight excluding hydrogens is 364 g/mol. The summed E-state index contributed by atoms with van der Waals surface area (Å²) in [5, 5.41) is 2.76. The molecule has 0 aromatic heterocycles. The first-order chi connectivity index (χ1) is 12.7. The van der Waals surface area contributed by atoms with Gasteiger partial charge >= 0.3 is 0 Å². The van der Waals surface area contributed by atoms with Crippen LogP contribution in [0.2, 0.25) is 0 Å². The van der Waals surface area contributed by atoms with Gasteiger partial charge in [0.25, 0.3) is 0 Å². The molecule has 0 aliphatic rings. The highest BCUT2D eigenvalue weighted by Crippen LogP contribution is 2.14. The van der Waals surface area contributed by atoms with Gasteiger partial charge in [-0.3, -0.25) is 4.79 Å². The molecule has 2 aromatic carbocycles. The highest BCUT2D eigenvalue weighted by atomic mass is 32.2. The Morgan fingerprint density at radius 3 is 2.22 bits per heavy atom. The van der Waals surface area contributed by atoms with Gasteiger partial charge in [-0.25, -0.2) is 8.42 Å².